The van der Waals surface area contributed by atoms with E-state index in [1.54, 1.807) is 36.4 Å². The number of anilines is 2. The molecule has 6 bridgehead atoms. The number of halogens is 2. The fourth-order valence-corrected chi connectivity index (χ4v) is 22.2. The van der Waals surface area contributed by atoms with Crippen molar-refractivity contribution >= 4 is 86.7 Å². The number of fused-ring (bicyclic) bond motifs is 9. The summed E-state index contributed by atoms with van der Waals surface area (Å²) in [4.78, 5) is 99.2. The fourth-order valence-electron chi connectivity index (χ4n) is 22.1. The predicted molar refractivity (Wildman–Crippen MR) is 472 cm³/mol. The Morgan fingerprint density at radius 2 is 0.650 bits per heavy atom. The number of methoxy groups -OCH3 is 2. The Morgan fingerprint density at radius 3 is 0.975 bits per heavy atom. The number of benzene rings is 6. The van der Waals surface area contributed by atoms with E-state index in [9.17, 15) is 33.9 Å². The third-order valence-corrected chi connectivity index (χ3v) is 27.6. The molecular weight excluding hydrogens is 1560 g/mol. The minimum Gasteiger partial charge on any atom is -0.870 e. The summed E-state index contributed by atoms with van der Waals surface area (Å²) in [6.07, 6.45) is 42.0. The number of esters is 2. The first-order valence-electron chi connectivity index (χ1n) is 44.0. The number of para-hydroxylation sites is 6. The van der Waals surface area contributed by atoms with E-state index in [1.807, 2.05) is 141 Å². The standard InChI is InChI=1S/C32H40N4O3.C31H38N4O3.C23H30ClN3O.C9H11NO2.ClH.Na.H2O/c1-39-32(38)29(22-12-6-5-7-13-22)34-30-31(37)36(28-17-11-10-16-27(28)33-30)26-20-24-18-19-25(21-26)35(24)23-14-8-3-2-4-9-15-23;36-30-29(33-28(31(37)38)21-11-5-4-6-12-21)32-26-15-9-10-16-27(26)35(30)25-19-23-17-18-24(20-25)34(23)22-13-7-2-1-3-8-14-22;24-22-23(28)27(21-11-7-6-10-20(21)25-22)19-14-17-12-13-18(15-19)26(17)16-8-4-2-1-3-5-9-16;1-12-9(11)8(10)7-5-3-2-4-6-7;;;/h5-7,10-13,16-17,23-26,29H,2-4,8-9,14-15,18-21H2,1H3,(H,33,34);4-6,9-12,15-16,22-25,28H,1-3,7-8,13-14,17-20H2,(H,32,33)(H,37,38);6-7,10-11,16-19H,1-5,8-9,12-15H2;2-6,8H,10H2,1H3;1H;;1H2/q;;;;;+1;/p-1/t24-,25+,26?,29-;23-,24+,25?,28-;17-,18+,19?;8-;;;/m00.0.../s1. The van der Waals surface area contributed by atoms with E-state index in [2.05, 4.69) is 40.0 Å². The van der Waals surface area contributed by atoms with Gasteiger partial charge >= 0.3 is 47.5 Å². The van der Waals surface area contributed by atoms with Crippen molar-refractivity contribution in [2.24, 2.45) is 5.73 Å². The average Bonchev–Trinajstić information content (AvgIpc) is 1.56. The van der Waals surface area contributed by atoms with Crippen molar-refractivity contribution in [1.29, 1.82) is 0 Å². The van der Waals surface area contributed by atoms with E-state index in [0.717, 1.165) is 83.3 Å². The second-order valence-corrected chi connectivity index (χ2v) is 34.8. The maximum Gasteiger partial charge on any atom is 1.00 e. The van der Waals surface area contributed by atoms with Gasteiger partial charge in [-0.05, 0) is 169 Å². The number of hydrogen-bond donors (Lipinski definition) is 4. The Bertz CT molecular complexity index is 4980. The minimum atomic E-state index is -1.05. The summed E-state index contributed by atoms with van der Waals surface area (Å²) in [6.45, 7) is 0. The van der Waals surface area contributed by atoms with E-state index in [1.165, 1.54) is 188 Å². The first-order chi connectivity index (χ1) is 57.2. The number of aliphatic carboxylic acids is 1. The maximum atomic E-state index is 14.1. The third-order valence-electron chi connectivity index (χ3n) is 27.3. The van der Waals surface area contributed by atoms with E-state index in [-0.39, 0.29) is 99.0 Å². The molecule has 12 atom stereocenters. The molecule has 9 aromatic rings. The molecule has 6 saturated heterocycles. The molecule has 22 nitrogen and oxygen atoms in total. The van der Waals surface area contributed by atoms with Crippen LogP contribution in [-0.4, -0.2) is 140 Å². The van der Waals surface area contributed by atoms with Crippen LogP contribution in [0.3, 0.4) is 0 Å². The van der Waals surface area contributed by atoms with Gasteiger partial charge in [-0.3, -0.25) is 33.9 Å². The fraction of sp³-hybridized carbons (Fsp3) is 0.526. The Kier molecular flexibility index (Phi) is 33.1. The van der Waals surface area contributed by atoms with E-state index in [0.29, 0.717) is 59.4 Å². The monoisotopic (exact) mass is 1680 g/mol. The molecule has 9 fully saturated rings. The molecule has 3 aliphatic carbocycles. The Balaban J connectivity index is 0.000000154. The van der Waals surface area contributed by atoms with E-state index < -0.39 is 36.0 Å². The van der Waals surface area contributed by atoms with Crippen molar-refractivity contribution < 1.29 is 64.0 Å². The minimum absolute atomic E-state index is 0. The Hall–Kier alpha value is -7.87. The second kappa shape index (κ2) is 43.4. The van der Waals surface area contributed by atoms with Gasteiger partial charge < -0.3 is 50.1 Å². The predicted octanol–water partition coefficient (Wildman–Crippen LogP) is 15.4. The normalized spacial score (nSPS) is 24.4. The summed E-state index contributed by atoms with van der Waals surface area (Å²) in [7, 11) is 2.69. The molecule has 3 saturated carbocycles. The quantitative estimate of drug-likeness (QED) is 0.0516. The van der Waals surface area contributed by atoms with Crippen LogP contribution < -0.4 is 62.6 Å². The summed E-state index contributed by atoms with van der Waals surface area (Å²) < 4.78 is 15.5. The average molecular weight is 1680 g/mol. The van der Waals surface area contributed by atoms with Crippen LogP contribution in [0.4, 0.5) is 11.6 Å². The molecule has 3 aromatic heterocycles. The molecule has 0 spiro atoms. The molecular formula is C95H121Cl2N12NaO10. The first-order valence-corrected chi connectivity index (χ1v) is 44.4. The summed E-state index contributed by atoms with van der Waals surface area (Å²) >= 11 is 6.23. The van der Waals surface area contributed by atoms with Gasteiger partial charge in [-0.1, -0.05) is 235 Å². The number of carboxylic acid groups (broad SMARTS) is 1. The summed E-state index contributed by atoms with van der Waals surface area (Å²) in [5.41, 5.74) is 12.1. The van der Waals surface area contributed by atoms with Crippen LogP contribution in [0.2, 0.25) is 5.15 Å². The molecule has 18 rings (SSSR count). The topological polar surface area (TPSA) is 284 Å². The number of aromatic nitrogens is 6. The summed E-state index contributed by atoms with van der Waals surface area (Å²) in [5, 5.41) is 16.2. The van der Waals surface area contributed by atoms with Gasteiger partial charge in [-0.2, -0.15) is 0 Å². The van der Waals surface area contributed by atoms with Crippen molar-refractivity contribution in [2.45, 2.75) is 303 Å². The number of nitrogens with one attached hydrogen (secondary N) is 2. The molecule has 6 N–H and O–H groups in total. The first kappa shape index (κ1) is 91.3. The number of nitrogens with two attached hydrogens (primary N) is 1. The largest absolute Gasteiger partial charge is 1.00 e. The van der Waals surface area contributed by atoms with Crippen LogP contribution >= 0.6 is 24.0 Å². The number of carbonyl (C=O) groups excluding carboxylic acids is 2. The van der Waals surface area contributed by atoms with Gasteiger partial charge in [-0.15, -0.1) is 12.4 Å². The zero-order valence-corrected chi connectivity index (χ0v) is 73.7. The zero-order chi connectivity index (χ0) is 80.9. The molecule has 25 heteroatoms. The molecule has 120 heavy (non-hydrogen) atoms. The van der Waals surface area contributed by atoms with Crippen molar-refractivity contribution in [3.05, 3.63) is 217 Å². The third kappa shape index (κ3) is 21.0. The van der Waals surface area contributed by atoms with Crippen LogP contribution in [0.15, 0.2) is 178 Å². The van der Waals surface area contributed by atoms with Crippen molar-refractivity contribution in [3.63, 3.8) is 0 Å². The van der Waals surface area contributed by atoms with Gasteiger partial charge in [0.25, 0.3) is 16.7 Å². The SMILES string of the molecule is COC(=O)[C@@H](N)c1ccccc1.COC(=O)[C@@H](Nc1nc2ccccc2n(C2C[C@H]3CC[C@@H](C2)N3C2CCCCCCC2)c1=O)c1ccccc1.Cl.O=C(O)[C@@H](Nc1nc2ccccc2n(C2C[C@H]3CC[C@@H](C2)N3C2CCCCCCC2)c1=O)c1ccccc1.O=c1c(Cl)nc2ccccc2n1C1C[C@H]2CC[C@@H](C1)N2C1CCCCCCC1.[Na+].[OH-]. The molecule has 3 unspecified atom stereocenters. The molecule has 9 heterocycles. The van der Waals surface area contributed by atoms with Crippen molar-refractivity contribution in [1.82, 2.24) is 43.4 Å². The van der Waals surface area contributed by atoms with Crippen molar-refractivity contribution in [3.8, 4) is 0 Å². The number of ether oxygens (including phenoxy) is 2. The van der Waals surface area contributed by atoms with E-state index in [4.69, 9.17) is 27.1 Å². The van der Waals surface area contributed by atoms with Crippen LogP contribution in [-0.2, 0) is 23.9 Å². The van der Waals surface area contributed by atoms with Crippen LogP contribution in [0.5, 0.6) is 0 Å². The van der Waals surface area contributed by atoms with E-state index >= 15 is 0 Å². The molecule has 9 aliphatic rings. The maximum absolute atomic E-state index is 14.1. The molecule has 6 aliphatic heterocycles. The number of carbonyl (C=O) groups is 3. The van der Waals surface area contributed by atoms with Crippen LogP contribution in [0.25, 0.3) is 33.1 Å². The Morgan fingerprint density at radius 1 is 0.375 bits per heavy atom. The van der Waals surface area contributed by atoms with Crippen LogP contribution in [0, 0.1) is 0 Å². The number of nitrogens with zero attached hydrogens (tertiary/aromatic N) is 9. The summed E-state index contributed by atoms with van der Waals surface area (Å²) in [5.74, 6) is -1.60. The van der Waals surface area contributed by atoms with Crippen LogP contribution in [0.1, 0.15) is 265 Å². The van der Waals surface area contributed by atoms with Crippen molar-refractivity contribution in [2.75, 3.05) is 24.9 Å². The molecule has 6 aromatic carbocycles. The smallest absolute Gasteiger partial charge is 0.870 e. The van der Waals surface area contributed by atoms with Gasteiger partial charge in [0.05, 0.1) is 47.3 Å². The molecule has 0 amide bonds. The number of hydrogen-bond acceptors (Lipinski definition) is 18. The number of piperidine rings is 3. The molecule has 0 radical (unpaired) electrons. The van der Waals surface area contributed by atoms with Gasteiger partial charge in [0, 0.05) is 72.5 Å². The second-order valence-electron chi connectivity index (χ2n) is 34.4. The summed E-state index contributed by atoms with van der Waals surface area (Å²) in [6, 6.07) is 54.3. The number of rotatable bonds is 16. The zero-order valence-electron chi connectivity index (χ0n) is 70.1. The molecule has 636 valence electrons. The van der Waals surface area contributed by atoms with Gasteiger partial charge in [0.15, 0.2) is 28.9 Å². The van der Waals surface area contributed by atoms with Gasteiger partial charge in [-0.25, -0.2) is 24.5 Å². The van der Waals surface area contributed by atoms with Gasteiger partial charge in [0.2, 0.25) is 0 Å². The Labute approximate surface area is 738 Å². The number of carboxylic acids is 1. The van der Waals surface area contributed by atoms with Gasteiger partial charge in [0.1, 0.15) is 6.04 Å².